The Morgan fingerprint density at radius 3 is 2.34 bits per heavy atom. The van der Waals surface area contributed by atoms with Gasteiger partial charge in [0.1, 0.15) is 18.1 Å². The van der Waals surface area contributed by atoms with E-state index in [1.165, 1.54) is 48.3 Å². The molecule has 0 amide bonds. The van der Waals surface area contributed by atoms with Crippen molar-refractivity contribution in [1.29, 1.82) is 0 Å². The van der Waals surface area contributed by atoms with Crippen LogP contribution in [0.2, 0.25) is 0 Å². The largest absolute Gasteiger partial charge is 0.485 e. The van der Waals surface area contributed by atoms with Crippen LogP contribution in [0.5, 0.6) is 5.75 Å². The van der Waals surface area contributed by atoms with Gasteiger partial charge in [-0.15, -0.1) is 0 Å². The molecule has 0 radical (unpaired) electrons. The molecule has 0 fully saturated rings. The summed E-state index contributed by atoms with van der Waals surface area (Å²) in [5, 5.41) is 3.75. The second kappa shape index (κ2) is 8.63. The van der Waals surface area contributed by atoms with E-state index in [9.17, 15) is 0 Å². The van der Waals surface area contributed by atoms with Crippen molar-refractivity contribution >= 4 is 17.2 Å². The van der Waals surface area contributed by atoms with Crippen molar-refractivity contribution in [3.05, 3.63) is 77.5 Å². The molecule has 0 aliphatic carbocycles. The molecule has 0 spiro atoms. The van der Waals surface area contributed by atoms with Crippen LogP contribution in [0.1, 0.15) is 50.3 Å². The first-order valence-electron chi connectivity index (χ1n) is 12.8. The number of hydrogen-bond acceptors (Lipinski definition) is 4. The Kier molecular flexibility index (Phi) is 5.43. The second-order valence-electron chi connectivity index (χ2n) is 10.9. The Morgan fingerprint density at radius 1 is 0.943 bits per heavy atom. The number of fused-ring (bicyclic) bond motifs is 1. The highest BCUT2D eigenvalue weighted by Gasteiger charge is 2.27. The molecule has 35 heavy (non-hydrogen) atoms. The molecule has 0 saturated carbocycles. The number of anilines is 2. The van der Waals surface area contributed by atoms with Crippen LogP contribution in [-0.4, -0.2) is 28.0 Å². The lowest BCUT2D eigenvalue weighted by molar-refractivity contribution is 0.308. The third-order valence-electron chi connectivity index (χ3n) is 6.95. The molecule has 0 unspecified atom stereocenters. The van der Waals surface area contributed by atoms with E-state index in [0.717, 1.165) is 41.3 Å². The van der Waals surface area contributed by atoms with Crippen molar-refractivity contribution in [1.82, 2.24) is 9.38 Å². The Hall–Kier alpha value is -3.47. The smallest absolute Gasteiger partial charge is 0.181 e. The molecule has 2 aromatic carbocycles. The van der Waals surface area contributed by atoms with Crippen LogP contribution in [0, 0.1) is 0 Å². The maximum absolute atomic E-state index is 6.28. The van der Waals surface area contributed by atoms with Crippen LogP contribution in [0.25, 0.3) is 16.9 Å². The van der Waals surface area contributed by atoms with Crippen molar-refractivity contribution in [2.75, 3.05) is 23.3 Å². The lowest BCUT2D eigenvalue weighted by Gasteiger charge is -2.37. The predicted octanol–water partition coefficient (Wildman–Crippen LogP) is 6.49. The summed E-state index contributed by atoms with van der Waals surface area (Å²) < 4.78 is 8.43. The van der Waals surface area contributed by atoms with Gasteiger partial charge in [-0.25, -0.2) is 4.98 Å². The zero-order valence-electron chi connectivity index (χ0n) is 21.0. The number of pyridine rings is 1. The van der Waals surface area contributed by atoms with Gasteiger partial charge in [-0.2, -0.15) is 0 Å². The van der Waals surface area contributed by atoms with Gasteiger partial charge in [-0.3, -0.25) is 4.40 Å². The molecule has 4 aromatic rings. The van der Waals surface area contributed by atoms with Gasteiger partial charge < -0.3 is 15.0 Å². The first-order valence-corrected chi connectivity index (χ1v) is 12.8. The lowest BCUT2D eigenvalue weighted by atomic mass is 9.89. The molecule has 0 bridgehead atoms. The standard InChI is InChI=1S/C30H34N4O/c1-30(2,3)32-29-26(24-18-22-12-7-15-33-16-8-13-23(19-24)27(22)33)31-28-25(14-9-17-34(28)29)35-20-21-10-5-4-6-11-21/h4-6,9-11,14,17-19,32H,7-8,12-13,15-16,20H2,1-3H3. The third kappa shape index (κ3) is 4.24. The average Bonchev–Trinajstić information content (AvgIpc) is 3.21. The minimum atomic E-state index is -0.106. The van der Waals surface area contributed by atoms with Crippen LogP contribution >= 0.6 is 0 Å². The molecule has 0 atom stereocenters. The van der Waals surface area contributed by atoms with Crippen molar-refractivity contribution < 1.29 is 4.74 Å². The van der Waals surface area contributed by atoms with Gasteiger partial charge in [0, 0.05) is 36.1 Å². The molecule has 2 aromatic heterocycles. The summed E-state index contributed by atoms with van der Waals surface area (Å²) in [6.07, 6.45) is 6.83. The topological polar surface area (TPSA) is 41.8 Å². The van der Waals surface area contributed by atoms with E-state index < -0.39 is 0 Å². The molecular weight excluding hydrogens is 432 g/mol. The molecule has 0 saturated heterocycles. The quantitative estimate of drug-likeness (QED) is 0.365. The summed E-state index contributed by atoms with van der Waals surface area (Å²) in [6.45, 7) is 9.48. The number of rotatable bonds is 5. The number of imidazole rings is 1. The van der Waals surface area contributed by atoms with Gasteiger partial charge in [0.25, 0.3) is 0 Å². The molecule has 180 valence electrons. The Morgan fingerprint density at radius 2 is 1.66 bits per heavy atom. The molecule has 2 aliphatic rings. The predicted molar refractivity (Wildman–Crippen MR) is 144 cm³/mol. The maximum atomic E-state index is 6.28. The van der Waals surface area contributed by atoms with E-state index in [0.29, 0.717) is 6.61 Å². The zero-order valence-corrected chi connectivity index (χ0v) is 21.0. The number of hydrogen-bond donors (Lipinski definition) is 1. The lowest BCUT2D eigenvalue weighted by Crippen LogP contribution is -2.34. The molecule has 4 heterocycles. The Balaban J connectivity index is 1.47. The fourth-order valence-corrected chi connectivity index (χ4v) is 5.51. The highest BCUT2D eigenvalue weighted by molar-refractivity contribution is 5.82. The number of aryl methyl sites for hydroxylation is 2. The van der Waals surface area contributed by atoms with Crippen molar-refractivity contribution in [3.63, 3.8) is 0 Å². The van der Waals surface area contributed by atoms with Crippen LogP contribution in [0.4, 0.5) is 11.5 Å². The van der Waals surface area contributed by atoms with Gasteiger partial charge in [0.15, 0.2) is 11.4 Å². The summed E-state index contributed by atoms with van der Waals surface area (Å²) in [6, 6.07) is 19.1. The minimum absolute atomic E-state index is 0.106. The fraction of sp³-hybridized carbons (Fsp3) is 0.367. The summed E-state index contributed by atoms with van der Waals surface area (Å²) >= 11 is 0. The minimum Gasteiger partial charge on any atom is -0.485 e. The highest BCUT2D eigenvalue weighted by atomic mass is 16.5. The number of nitrogens with zero attached hydrogens (tertiary/aromatic N) is 3. The van der Waals surface area contributed by atoms with E-state index in [2.05, 4.69) is 65.9 Å². The SMILES string of the molecule is CC(C)(C)Nc1c(-c2cc3c4c(c2)CCCN4CCC3)nc2c(OCc3ccccc3)cccn12. The third-order valence-corrected chi connectivity index (χ3v) is 6.95. The molecule has 1 N–H and O–H groups in total. The second-order valence-corrected chi connectivity index (χ2v) is 10.9. The van der Waals surface area contributed by atoms with Crippen LogP contribution in [0.3, 0.4) is 0 Å². The Bertz CT molecular complexity index is 1340. The van der Waals surface area contributed by atoms with Gasteiger partial charge in [0.2, 0.25) is 0 Å². The van der Waals surface area contributed by atoms with Crippen molar-refractivity contribution in [3.8, 4) is 17.0 Å². The van der Waals surface area contributed by atoms with E-state index in [1.54, 1.807) is 0 Å². The van der Waals surface area contributed by atoms with E-state index >= 15 is 0 Å². The number of nitrogens with one attached hydrogen (secondary N) is 1. The average molecular weight is 467 g/mol. The zero-order chi connectivity index (χ0) is 24.0. The molecule has 5 nitrogen and oxygen atoms in total. The van der Waals surface area contributed by atoms with Crippen LogP contribution in [0.15, 0.2) is 60.8 Å². The molecular formula is C30H34N4O. The van der Waals surface area contributed by atoms with Crippen LogP contribution < -0.4 is 15.0 Å². The summed E-state index contributed by atoms with van der Waals surface area (Å²) in [4.78, 5) is 7.79. The van der Waals surface area contributed by atoms with Crippen molar-refractivity contribution in [2.24, 2.45) is 0 Å². The molecule has 5 heteroatoms. The normalized spacial score (nSPS) is 15.2. The fourth-order valence-electron chi connectivity index (χ4n) is 5.51. The summed E-state index contributed by atoms with van der Waals surface area (Å²) in [5.74, 6) is 1.82. The van der Waals surface area contributed by atoms with Crippen molar-refractivity contribution in [2.45, 2.75) is 58.6 Å². The van der Waals surface area contributed by atoms with E-state index in [1.807, 2.05) is 30.3 Å². The molecule has 2 aliphatic heterocycles. The highest BCUT2D eigenvalue weighted by Crippen LogP contribution is 2.41. The summed E-state index contributed by atoms with van der Waals surface area (Å²) in [7, 11) is 0. The molecule has 6 rings (SSSR count). The van der Waals surface area contributed by atoms with E-state index in [4.69, 9.17) is 9.72 Å². The van der Waals surface area contributed by atoms with Gasteiger partial charge >= 0.3 is 0 Å². The van der Waals surface area contributed by atoms with Gasteiger partial charge in [0.05, 0.1) is 0 Å². The summed E-state index contributed by atoms with van der Waals surface area (Å²) in [5.41, 5.74) is 8.53. The van der Waals surface area contributed by atoms with Gasteiger partial charge in [-0.1, -0.05) is 30.3 Å². The number of benzene rings is 2. The Labute approximate surface area is 207 Å². The number of ether oxygens (including phenoxy) is 1. The first-order chi connectivity index (χ1) is 17.0. The van der Waals surface area contributed by atoms with E-state index in [-0.39, 0.29) is 5.54 Å². The first kappa shape index (κ1) is 22.0. The van der Waals surface area contributed by atoms with Gasteiger partial charge in [-0.05, 0) is 87.4 Å². The maximum Gasteiger partial charge on any atom is 0.181 e. The monoisotopic (exact) mass is 466 g/mol. The number of aromatic nitrogens is 2. The van der Waals surface area contributed by atoms with Crippen LogP contribution in [-0.2, 0) is 19.4 Å².